The molecule has 0 aliphatic heterocycles. The summed E-state index contributed by atoms with van der Waals surface area (Å²) in [4.78, 5) is 10.9. The van der Waals surface area contributed by atoms with Crippen molar-refractivity contribution in [2.45, 2.75) is 52.5 Å². The third-order valence-corrected chi connectivity index (χ3v) is 3.40. The molecule has 15 heavy (non-hydrogen) atoms. The number of carbonyl (C=O) groups excluding carboxylic acids is 1. The molecule has 0 aromatic rings. The zero-order chi connectivity index (χ0) is 11.5. The summed E-state index contributed by atoms with van der Waals surface area (Å²) < 4.78 is 0. The summed E-state index contributed by atoms with van der Waals surface area (Å²) in [7, 11) is 0. The smallest absolute Gasteiger partial charge is 0.221 e. The Morgan fingerprint density at radius 3 is 2.80 bits per heavy atom. The highest BCUT2D eigenvalue weighted by Crippen LogP contribution is 2.34. The van der Waals surface area contributed by atoms with E-state index in [0.717, 1.165) is 6.54 Å². The standard InChI is InChI=1S/C12H24N2O/c1-9(11(13)15)8-14-10-5-4-6-12(2,3)7-10/h9-10,14H,4-8H2,1-3H3,(H2,13,15). The molecular weight excluding hydrogens is 188 g/mol. The van der Waals surface area contributed by atoms with E-state index in [0.29, 0.717) is 11.5 Å². The number of hydrogen-bond donors (Lipinski definition) is 2. The molecular formula is C12H24N2O. The first-order valence-corrected chi connectivity index (χ1v) is 5.93. The van der Waals surface area contributed by atoms with Gasteiger partial charge in [0, 0.05) is 18.5 Å². The van der Waals surface area contributed by atoms with Crippen molar-refractivity contribution in [3.63, 3.8) is 0 Å². The van der Waals surface area contributed by atoms with Gasteiger partial charge in [0.15, 0.2) is 0 Å². The minimum Gasteiger partial charge on any atom is -0.369 e. The van der Waals surface area contributed by atoms with Crippen molar-refractivity contribution >= 4 is 5.91 Å². The fourth-order valence-corrected chi connectivity index (χ4v) is 2.32. The molecule has 88 valence electrons. The van der Waals surface area contributed by atoms with Crippen LogP contribution in [0.2, 0.25) is 0 Å². The molecule has 0 bridgehead atoms. The van der Waals surface area contributed by atoms with Crippen molar-refractivity contribution in [1.29, 1.82) is 0 Å². The van der Waals surface area contributed by atoms with E-state index in [9.17, 15) is 4.79 Å². The zero-order valence-electron chi connectivity index (χ0n) is 10.2. The summed E-state index contributed by atoms with van der Waals surface area (Å²) in [6.45, 7) is 7.23. The van der Waals surface area contributed by atoms with Crippen molar-refractivity contribution in [3.05, 3.63) is 0 Å². The summed E-state index contributed by atoms with van der Waals surface area (Å²) in [6, 6.07) is 0.565. The van der Waals surface area contributed by atoms with Gasteiger partial charge in [0.1, 0.15) is 0 Å². The molecule has 1 fully saturated rings. The van der Waals surface area contributed by atoms with E-state index in [1.807, 2.05) is 6.92 Å². The molecule has 1 rings (SSSR count). The normalized spacial score (nSPS) is 27.3. The predicted molar refractivity (Wildman–Crippen MR) is 62.4 cm³/mol. The largest absolute Gasteiger partial charge is 0.369 e. The van der Waals surface area contributed by atoms with Gasteiger partial charge in [0.2, 0.25) is 5.91 Å². The molecule has 0 radical (unpaired) electrons. The van der Waals surface area contributed by atoms with Crippen LogP contribution in [0.15, 0.2) is 0 Å². The lowest BCUT2D eigenvalue weighted by atomic mass is 9.75. The van der Waals surface area contributed by atoms with Crippen molar-refractivity contribution in [2.24, 2.45) is 17.1 Å². The van der Waals surface area contributed by atoms with Crippen LogP contribution >= 0.6 is 0 Å². The first kappa shape index (κ1) is 12.5. The van der Waals surface area contributed by atoms with Gasteiger partial charge in [-0.15, -0.1) is 0 Å². The van der Waals surface area contributed by atoms with Crippen LogP contribution in [0.3, 0.4) is 0 Å². The SMILES string of the molecule is CC(CNC1CCCC(C)(C)C1)C(N)=O. The van der Waals surface area contributed by atoms with Crippen LogP contribution in [0.25, 0.3) is 0 Å². The average Bonchev–Trinajstić information content (AvgIpc) is 2.12. The topological polar surface area (TPSA) is 55.1 Å². The average molecular weight is 212 g/mol. The molecule has 0 saturated heterocycles. The van der Waals surface area contributed by atoms with E-state index in [-0.39, 0.29) is 11.8 Å². The molecule has 1 aliphatic rings. The monoisotopic (exact) mass is 212 g/mol. The van der Waals surface area contributed by atoms with Crippen molar-refractivity contribution in [2.75, 3.05) is 6.54 Å². The molecule has 0 aromatic heterocycles. The Balaban J connectivity index is 2.30. The van der Waals surface area contributed by atoms with Crippen LogP contribution in [0, 0.1) is 11.3 Å². The molecule has 2 unspecified atom stereocenters. The van der Waals surface area contributed by atoms with E-state index in [1.165, 1.54) is 25.7 Å². The second kappa shape index (κ2) is 4.97. The molecule has 0 heterocycles. The summed E-state index contributed by atoms with van der Waals surface area (Å²) >= 11 is 0. The van der Waals surface area contributed by atoms with Gasteiger partial charge in [-0.2, -0.15) is 0 Å². The second-order valence-corrected chi connectivity index (χ2v) is 5.67. The maximum Gasteiger partial charge on any atom is 0.221 e. The van der Waals surface area contributed by atoms with E-state index >= 15 is 0 Å². The molecule has 1 aliphatic carbocycles. The third-order valence-electron chi connectivity index (χ3n) is 3.40. The maximum atomic E-state index is 10.9. The molecule has 3 heteroatoms. The zero-order valence-corrected chi connectivity index (χ0v) is 10.2. The van der Waals surface area contributed by atoms with Crippen LogP contribution < -0.4 is 11.1 Å². The van der Waals surface area contributed by atoms with Gasteiger partial charge in [0.25, 0.3) is 0 Å². The summed E-state index contributed by atoms with van der Waals surface area (Å²) in [6.07, 6.45) is 5.04. The van der Waals surface area contributed by atoms with Gasteiger partial charge in [-0.1, -0.05) is 27.2 Å². The quantitative estimate of drug-likeness (QED) is 0.744. The number of primary amides is 1. The number of hydrogen-bond acceptors (Lipinski definition) is 2. The maximum absolute atomic E-state index is 10.9. The Morgan fingerprint density at radius 1 is 1.60 bits per heavy atom. The number of amides is 1. The Kier molecular flexibility index (Phi) is 4.14. The highest BCUT2D eigenvalue weighted by atomic mass is 16.1. The van der Waals surface area contributed by atoms with Crippen LogP contribution in [0.5, 0.6) is 0 Å². The van der Waals surface area contributed by atoms with Gasteiger partial charge < -0.3 is 11.1 Å². The van der Waals surface area contributed by atoms with Crippen molar-refractivity contribution < 1.29 is 4.79 Å². The highest BCUT2D eigenvalue weighted by Gasteiger charge is 2.27. The minimum absolute atomic E-state index is 0.0601. The summed E-state index contributed by atoms with van der Waals surface area (Å²) in [5.74, 6) is -0.271. The fraction of sp³-hybridized carbons (Fsp3) is 0.917. The van der Waals surface area contributed by atoms with E-state index in [2.05, 4.69) is 19.2 Å². The Hall–Kier alpha value is -0.570. The molecule has 1 saturated carbocycles. The van der Waals surface area contributed by atoms with Gasteiger partial charge in [0.05, 0.1) is 0 Å². The van der Waals surface area contributed by atoms with Gasteiger partial charge in [-0.25, -0.2) is 0 Å². The van der Waals surface area contributed by atoms with E-state index in [4.69, 9.17) is 5.73 Å². The molecule has 0 spiro atoms. The first-order chi connectivity index (χ1) is 6.91. The number of rotatable bonds is 4. The second-order valence-electron chi connectivity index (χ2n) is 5.67. The molecule has 3 N–H and O–H groups in total. The Bertz CT molecular complexity index is 226. The Labute approximate surface area is 92.8 Å². The van der Waals surface area contributed by atoms with Crippen LogP contribution in [-0.4, -0.2) is 18.5 Å². The summed E-state index contributed by atoms with van der Waals surface area (Å²) in [5, 5.41) is 3.46. The lowest BCUT2D eigenvalue weighted by molar-refractivity contribution is -0.121. The Morgan fingerprint density at radius 2 is 2.27 bits per heavy atom. The van der Waals surface area contributed by atoms with Crippen LogP contribution in [0.4, 0.5) is 0 Å². The minimum atomic E-state index is -0.211. The van der Waals surface area contributed by atoms with Crippen LogP contribution in [0.1, 0.15) is 46.5 Å². The molecule has 3 nitrogen and oxygen atoms in total. The lowest BCUT2D eigenvalue weighted by Gasteiger charge is -2.36. The number of nitrogens with two attached hydrogens (primary N) is 1. The predicted octanol–water partition coefficient (Wildman–Crippen LogP) is 1.67. The summed E-state index contributed by atoms with van der Waals surface area (Å²) in [5.41, 5.74) is 5.68. The molecule has 0 aromatic carbocycles. The van der Waals surface area contributed by atoms with Gasteiger partial charge in [-0.3, -0.25) is 4.79 Å². The van der Waals surface area contributed by atoms with E-state index < -0.39 is 0 Å². The fourth-order valence-electron chi connectivity index (χ4n) is 2.32. The first-order valence-electron chi connectivity index (χ1n) is 5.93. The highest BCUT2D eigenvalue weighted by molar-refractivity contribution is 5.76. The van der Waals surface area contributed by atoms with Gasteiger partial charge in [-0.05, 0) is 24.7 Å². The number of carbonyl (C=O) groups is 1. The van der Waals surface area contributed by atoms with Crippen molar-refractivity contribution in [3.8, 4) is 0 Å². The lowest BCUT2D eigenvalue weighted by Crippen LogP contribution is -2.41. The third kappa shape index (κ3) is 4.20. The number of nitrogens with one attached hydrogen (secondary N) is 1. The van der Waals surface area contributed by atoms with Crippen molar-refractivity contribution in [1.82, 2.24) is 5.32 Å². The van der Waals surface area contributed by atoms with Gasteiger partial charge >= 0.3 is 0 Å². The molecule has 2 atom stereocenters. The van der Waals surface area contributed by atoms with E-state index in [1.54, 1.807) is 0 Å². The van der Waals surface area contributed by atoms with Crippen LogP contribution in [-0.2, 0) is 4.79 Å². The molecule has 1 amide bonds.